The van der Waals surface area contributed by atoms with Gasteiger partial charge in [0.25, 0.3) is 0 Å². The van der Waals surface area contributed by atoms with Crippen LogP contribution in [0.25, 0.3) is 0 Å². The van der Waals surface area contributed by atoms with E-state index in [1.807, 2.05) is 36.4 Å². The molecule has 5 rings (SSSR count). The van der Waals surface area contributed by atoms with Crippen LogP contribution >= 0.6 is 0 Å². The summed E-state index contributed by atoms with van der Waals surface area (Å²) in [5.74, 6) is 0.816. The van der Waals surface area contributed by atoms with E-state index in [-0.39, 0.29) is 18.7 Å². The van der Waals surface area contributed by atoms with Gasteiger partial charge in [0.05, 0.1) is 13.7 Å². The molecule has 0 amide bonds. The monoisotopic (exact) mass is 353 g/mol. The Hall–Kier alpha value is -1.92. The topological polar surface area (TPSA) is 40.2 Å². The average Bonchev–Trinajstić information content (AvgIpc) is 3.31. The maximum absolute atomic E-state index is 6.68. The molecule has 3 heterocycles. The highest BCUT2D eigenvalue weighted by molar-refractivity contribution is 5.35. The molecule has 3 aliphatic rings. The average molecular weight is 353 g/mol. The van der Waals surface area contributed by atoms with Gasteiger partial charge in [-0.3, -0.25) is 0 Å². The summed E-state index contributed by atoms with van der Waals surface area (Å²) < 4.78 is 24.6. The molecule has 2 aromatic rings. The van der Waals surface area contributed by atoms with E-state index in [1.165, 1.54) is 0 Å². The number of nitrogens with zero attached hydrogens (tertiary/aromatic N) is 1. The summed E-state index contributed by atoms with van der Waals surface area (Å²) >= 11 is 0. The summed E-state index contributed by atoms with van der Waals surface area (Å²) in [5, 5.41) is 0. The Morgan fingerprint density at radius 2 is 1.65 bits per heavy atom. The van der Waals surface area contributed by atoms with Crippen LogP contribution in [0.4, 0.5) is 0 Å². The van der Waals surface area contributed by atoms with E-state index in [2.05, 4.69) is 36.9 Å². The van der Waals surface area contributed by atoms with Gasteiger partial charge >= 0.3 is 0 Å². The lowest BCUT2D eigenvalue weighted by Crippen LogP contribution is -2.40. The summed E-state index contributed by atoms with van der Waals surface area (Å²) in [7, 11) is 1.68. The Kier molecular flexibility index (Phi) is 3.46. The zero-order valence-electron chi connectivity index (χ0n) is 15.2. The lowest BCUT2D eigenvalue weighted by atomic mass is 9.94. The van der Waals surface area contributed by atoms with Gasteiger partial charge in [0.15, 0.2) is 0 Å². The van der Waals surface area contributed by atoms with Crippen molar-refractivity contribution in [3.63, 3.8) is 0 Å². The first kappa shape index (κ1) is 16.3. The molecule has 0 aliphatic carbocycles. The van der Waals surface area contributed by atoms with Gasteiger partial charge in [-0.15, -0.1) is 0 Å². The zero-order valence-corrected chi connectivity index (χ0v) is 15.2. The molecule has 3 aliphatic heterocycles. The van der Waals surface area contributed by atoms with Crippen molar-refractivity contribution in [2.75, 3.05) is 13.7 Å². The highest BCUT2D eigenvalue weighted by Crippen LogP contribution is 2.55. The molecule has 0 radical (unpaired) electrons. The Labute approximate surface area is 153 Å². The quantitative estimate of drug-likeness (QED) is 0.847. The van der Waals surface area contributed by atoms with Crippen molar-refractivity contribution in [3.8, 4) is 5.75 Å². The highest BCUT2D eigenvalue weighted by atomic mass is 16.7. The summed E-state index contributed by atoms with van der Waals surface area (Å²) in [6, 6.07) is 18.3. The molecule has 0 saturated carbocycles. The third-order valence-electron chi connectivity index (χ3n) is 5.94. The van der Waals surface area contributed by atoms with Crippen LogP contribution in [0.2, 0.25) is 0 Å². The van der Waals surface area contributed by atoms with E-state index in [0.717, 1.165) is 16.9 Å². The normalized spacial score (nSPS) is 38.5. The predicted octanol–water partition coefficient (Wildman–Crippen LogP) is 3.20. The molecule has 26 heavy (non-hydrogen) atoms. The molecule has 3 saturated heterocycles. The van der Waals surface area contributed by atoms with Crippen LogP contribution in [0.15, 0.2) is 54.6 Å². The molecule has 0 N–H and O–H groups in total. The lowest BCUT2D eigenvalue weighted by Gasteiger charge is -2.33. The lowest BCUT2D eigenvalue weighted by molar-refractivity contribution is -0.138. The van der Waals surface area contributed by atoms with Crippen LogP contribution in [0.3, 0.4) is 0 Å². The summed E-state index contributed by atoms with van der Waals surface area (Å²) in [4.78, 5) is 2.24. The van der Waals surface area contributed by atoms with E-state index >= 15 is 0 Å². The Bertz CT molecular complexity index is 828. The molecule has 0 bridgehead atoms. The van der Waals surface area contributed by atoms with Gasteiger partial charge in [-0.1, -0.05) is 42.5 Å². The van der Waals surface area contributed by atoms with Gasteiger partial charge in [-0.2, -0.15) is 0 Å². The van der Waals surface area contributed by atoms with E-state index in [0.29, 0.717) is 6.61 Å². The predicted molar refractivity (Wildman–Crippen MR) is 95.5 cm³/mol. The van der Waals surface area contributed by atoms with Crippen molar-refractivity contribution in [1.82, 2.24) is 4.90 Å². The van der Waals surface area contributed by atoms with Crippen LogP contribution in [0.5, 0.6) is 5.75 Å². The number of rotatable bonds is 3. The number of ether oxygens (including phenoxy) is 4. The van der Waals surface area contributed by atoms with Crippen molar-refractivity contribution >= 4 is 0 Å². The van der Waals surface area contributed by atoms with Crippen LogP contribution in [-0.4, -0.2) is 37.3 Å². The van der Waals surface area contributed by atoms with E-state index in [4.69, 9.17) is 18.9 Å². The smallest absolute Gasteiger partial charge is 0.149 e. The van der Waals surface area contributed by atoms with Gasteiger partial charge in [0.2, 0.25) is 0 Å². The zero-order chi connectivity index (χ0) is 17.9. The molecule has 5 nitrogen and oxygen atoms in total. The molecule has 5 atom stereocenters. The second-order valence-corrected chi connectivity index (χ2v) is 7.49. The first-order valence-electron chi connectivity index (χ1n) is 9.01. The molecule has 136 valence electrons. The van der Waals surface area contributed by atoms with E-state index < -0.39 is 11.2 Å². The maximum Gasteiger partial charge on any atom is 0.149 e. The van der Waals surface area contributed by atoms with Crippen molar-refractivity contribution in [3.05, 3.63) is 65.7 Å². The van der Waals surface area contributed by atoms with Crippen molar-refractivity contribution in [2.45, 2.75) is 43.7 Å². The fourth-order valence-corrected chi connectivity index (χ4v) is 4.52. The van der Waals surface area contributed by atoms with E-state index in [9.17, 15) is 0 Å². The molecule has 0 spiro atoms. The summed E-state index contributed by atoms with van der Waals surface area (Å²) in [5.41, 5.74) is 1.04. The Morgan fingerprint density at radius 1 is 0.923 bits per heavy atom. The highest BCUT2D eigenvalue weighted by Gasteiger charge is 2.68. The first-order chi connectivity index (χ1) is 12.6. The number of methoxy groups -OCH3 is 1. The van der Waals surface area contributed by atoms with Crippen LogP contribution in [-0.2, 0) is 25.4 Å². The largest absolute Gasteiger partial charge is 0.497 e. The fraction of sp³-hybridized carbons (Fsp3) is 0.429. The second kappa shape index (κ2) is 5.54. The Balaban J connectivity index is 1.57. The fourth-order valence-electron chi connectivity index (χ4n) is 4.52. The number of hydrogen-bond acceptors (Lipinski definition) is 5. The molecule has 0 unspecified atom stereocenters. The molecule has 5 heteroatoms. The van der Waals surface area contributed by atoms with Crippen molar-refractivity contribution in [1.29, 1.82) is 0 Å². The summed E-state index contributed by atoms with van der Waals surface area (Å²) in [6.45, 7) is 4.75. The standard InChI is InChI=1S/C21H23NO4/c1-20(14-8-5-4-6-9-14)19-22-17(25-20)13-24-18(22)21(2,26-19)15-10-7-11-16(12-15)23-3/h4-12,17-19H,13H2,1-3H3/t17-,18-,19-,20-,21-/m1/s1. The molecule has 3 fully saturated rings. The first-order valence-corrected chi connectivity index (χ1v) is 9.01. The van der Waals surface area contributed by atoms with E-state index in [1.54, 1.807) is 7.11 Å². The number of hydrogen-bond donors (Lipinski definition) is 0. The van der Waals surface area contributed by atoms with Gasteiger partial charge in [0, 0.05) is 0 Å². The minimum atomic E-state index is -0.590. The number of benzene rings is 2. The molecular formula is C21H23NO4. The second-order valence-electron chi connectivity index (χ2n) is 7.49. The maximum atomic E-state index is 6.68. The van der Waals surface area contributed by atoms with Crippen LogP contribution in [0, 0.1) is 0 Å². The van der Waals surface area contributed by atoms with Crippen LogP contribution < -0.4 is 4.74 Å². The molecular weight excluding hydrogens is 330 g/mol. The SMILES string of the molecule is COc1cccc([C@@]2(C)O[C@H]3N4[C@@H](CO[C@@H]42)O[C@]3(C)c2ccccc2)c1. The van der Waals surface area contributed by atoms with Gasteiger partial charge in [-0.25, -0.2) is 4.90 Å². The summed E-state index contributed by atoms with van der Waals surface area (Å²) in [6.07, 6.45) is -0.489. The van der Waals surface area contributed by atoms with Gasteiger partial charge in [0.1, 0.15) is 35.6 Å². The minimum absolute atomic E-state index is 0.0948. The molecule has 0 aromatic heterocycles. The third kappa shape index (κ3) is 2.06. The van der Waals surface area contributed by atoms with Gasteiger partial charge in [-0.05, 0) is 37.1 Å². The van der Waals surface area contributed by atoms with Crippen molar-refractivity contribution < 1.29 is 18.9 Å². The third-order valence-corrected chi connectivity index (χ3v) is 5.94. The molecule has 2 aromatic carbocycles. The Morgan fingerprint density at radius 3 is 2.42 bits per heavy atom. The van der Waals surface area contributed by atoms with Crippen molar-refractivity contribution in [2.24, 2.45) is 0 Å². The van der Waals surface area contributed by atoms with Crippen LogP contribution in [0.1, 0.15) is 25.0 Å². The van der Waals surface area contributed by atoms with Gasteiger partial charge < -0.3 is 18.9 Å². The minimum Gasteiger partial charge on any atom is -0.497 e.